The highest BCUT2D eigenvalue weighted by Gasteiger charge is 2.12. The molecule has 0 spiro atoms. The largest absolute Gasteiger partial charge is 0.478 e. The van der Waals surface area contributed by atoms with Crippen molar-refractivity contribution in [3.05, 3.63) is 24.3 Å². The van der Waals surface area contributed by atoms with Gasteiger partial charge in [-0.1, -0.05) is 82.9 Å². The zero-order valence-corrected chi connectivity index (χ0v) is 14.4. The van der Waals surface area contributed by atoms with Gasteiger partial charge in [0.1, 0.15) is 6.10 Å². The first kappa shape index (κ1) is 21.6. The molecule has 0 aliphatic rings. The Kier molecular flexibility index (Phi) is 14.5. The molecule has 23 heavy (non-hydrogen) atoms. The van der Waals surface area contributed by atoms with E-state index < -0.39 is 12.1 Å². The molecule has 0 aromatic rings. The van der Waals surface area contributed by atoms with Gasteiger partial charge < -0.3 is 10.2 Å². The zero-order valence-electron chi connectivity index (χ0n) is 14.4. The second-order valence-electron chi connectivity index (χ2n) is 5.93. The number of hydrogen-bond acceptors (Lipinski definition) is 3. The van der Waals surface area contributed by atoms with Gasteiger partial charge in [-0.2, -0.15) is 0 Å². The third-order valence-corrected chi connectivity index (χ3v) is 3.76. The molecule has 0 aromatic carbocycles. The van der Waals surface area contributed by atoms with Crippen molar-refractivity contribution in [1.82, 2.24) is 0 Å². The summed E-state index contributed by atoms with van der Waals surface area (Å²) in [4.78, 5) is 21.9. The lowest BCUT2D eigenvalue weighted by molar-refractivity contribution is -0.131. The van der Waals surface area contributed by atoms with Gasteiger partial charge >= 0.3 is 5.97 Å². The number of ketones is 1. The molecule has 0 fully saturated rings. The first-order chi connectivity index (χ1) is 11.1. The van der Waals surface area contributed by atoms with E-state index in [1.165, 1.54) is 57.1 Å². The van der Waals surface area contributed by atoms with E-state index in [4.69, 9.17) is 5.11 Å². The van der Waals surface area contributed by atoms with Crippen molar-refractivity contribution in [1.29, 1.82) is 0 Å². The van der Waals surface area contributed by atoms with Crippen LogP contribution in [0.1, 0.15) is 77.6 Å². The molecule has 4 heteroatoms. The summed E-state index contributed by atoms with van der Waals surface area (Å²) in [6.07, 6.45) is 16.1. The molecule has 0 saturated heterocycles. The van der Waals surface area contributed by atoms with Crippen LogP contribution in [0.15, 0.2) is 24.3 Å². The van der Waals surface area contributed by atoms with Crippen molar-refractivity contribution >= 4 is 11.8 Å². The van der Waals surface area contributed by atoms with Crippen LogP contribution in [-0.4, -0.2) is 28.1 Å². The number of Topliss-reactive ketones (excluding diaryl/α,β-unsaturated/α-hetero) is 1. The highest BCUT2D eigenvalue weighted by Crippen LogP contribution is 2.12. The van der Waals surface area contributed by atoms with E-state index in [1.807, 2.05) is 0 Å². The molecule has 0 heterocycles. The maximum absolute atomic E-state index is 11.7. The molecule has 0 amide bonds. The Morgan fingerprint density at radius 1 is 0.913 bits per heavy atom. The first-order valence-electron chi connectivity index (χ1n) is 8.84. The van der Waals surface area contributed by atoms with Crippen LogP contribution in [0.5, 0.6) is 0 Å². The molecule has 0 saturated carbocycles. The minimum absolute atomic E-state index is 0.141. The van der Waals surface area contributed by atoms with E-state index in [0.29, 0.717) is 6.42 Å². The van der Waals surface area contributed by atoms with Gasteiger partial charge in [0.15, 0.2) is 5.78 Å². The van der Waals surface area contributed by atoms with Gasteiger partial charge in [0.25, 0.3) is 0 Å². The number of unbranched alkanes of at least 4 members (excludes halogenated alkanes) is 8. The predicted octanol–water partition coefficient (Wildman–Crippen LogP) is 4.42. The molecule has 0 aliphatic carbocycles. The molecule has 0 aliphatic heterocycles. The molecular formula is C19H32O4. The third kappa shape index (κ3) is 15.3. The molecule has 0 radical (unpaired) electrons. The number of aliphatic carboxylic acids is 1. The summed E-state index contributed by atoms with van der Waals surface area (Å²) >= 11 is 0. The highest BCUT2D eigenvalue weighted by atomic mass is 16.4. The van der Waals surface area contributed by atoms with Gasteiger partial charge in [-0.05, 0) is 6.42 Å². The SMILES string of the molecule is CCCCCCCCCCCC(O)C(=O)CC=CC=CC(=O)O. The minimum atomic E-state index is -1.02. The van der Waals surface area contributed by atoms with E-state index >= 15 is 0 Å². The summed E-state index contributed by atoms with van der Waals surface area (Å²) in [6.45, 7) is 2.22. The van der Waals surface area contributed by atoms with Crippen LogP contribution in [0.4, 0.5) is 0 Å². The smallest absolute Gasteiger partial charge is 0.328 e. The van der Waals surface area contributed by atoms with Crippen molar-refractivity contribution in [2.24, 2.45) is 0 Å². The quantitative estimate of drug-likeness (QED) is 0.265. The fourth-order valence-corrected chi connectivity index (χ4v) is 2.35. The Morgan fingerprint density at radius 2 is 1.48 bits per heavy atom. The zero-order chi connectivity index (χ0) is 17.3. The average molecular weight is 324 g/mol. The normalized spacial score (nSPS) is 13.0. The van der Waals surface area contributed by atoms with Gasteiger partial charge in [-0.25, -0.2) is 4.79 Å². The van der Waals surface area contributed by atoms with Crippen molar-refractivity contribution in [3.8, 4) is 0 Å². The molecule has 1 unspecified atom stereocenters. The van der Waals surface area contributed by atoms with Gasteiger partial charge in [0, 0.05) is 12.5 Å². The predicted molar refractivity (Wildman–Crippen MR) is 93.4 cm³/mol. The number of allylic oxidation sites excluding steroid dienone is 3. The number of carboxylic acid groups (broad SMARTS) is 1. The molecule has 0 bridgehead atoms. The number of carbonyl (C=O) groups excluding carboxylic acids is 1. The van der Waals surface area contributed by atoms with Crippen LogP contribution in [-0.2, 0) is 9.59 Å². The monoisotopic (exact) mass is 324 g/mol. The molecule has 0 aromatic heterocycles. The molecular weight excluding hydrogens is 292 g/mol. The van der Waals surface area contributed by atoms with Crippen LogP contribution >= 0.6 is 0 Å². The van der Waals surface area contributed by atoms with Crippen molar-refractivity contribution < 1.29 is 19.8 Å². The van der Waals surface area contributed by atoms with E-state index in [9.17, 15) is 14.7 Å². The van der Waals surface area contributed by atoms with E-state index in [0.717, 1.165) is 18.9 Å². The van der Waals surface area contributed by atoms with Gasteiger partial charge in [0.2, 0.25) is 0 Å². The van der Waals surface area contributed by atoms with E-state index in [1.54, 1.807) is 6.08 Å². The molecule has 4 nitrogen and oxygen atoms in total. The second-order valence-corrected chi connectivity index (χ2v) is 5.93. The summed E-state index contributed by atoms with van der Waals surface area (Å²) < 4.78 is 0. The Labute approximate surface area is 140 Å². The Balaban J connectivity index is 3.56. The molecule has 2 N–H and O–H groups in total. The summed E-state index contributed by atoms with van der Waals surface area (Å²) in [5.41, 5.74) is 0. The van der Waals surface area contributed by atoms with Gasteiger partial charge in [0.05, 0.1) is 0 Å². The fraction of sp³-hybridized carbons (Fsp3) is 0.684. The Hall–Kier alpha value is -1.42. The maximum Gasteiger partial charge on any atom is 0.328 e. The third-order valence-electron chi connectivity index (χ3n) is 3.76. The summed E-state index contributed by atoms with van der Waals surface area (Å²) in [6, 6.07) is 0. The summed E-state index contributed by atoms with van der Waals surface area (Å²) in [7, 11) is 0. The number of hydrogen-bond donors (Lipinski definition) is 2. The Bertz CT molecular complexity index is 372. The lowest BCUT2D eigenvalue weighted by Gasteiger charge is -2.08. The van der Waals surface area contributed by atoms with Gasteiger partial charge in [-0.3, -0.25) is 4.79 Å². The number of aliphatic hydroxyl groups excluding tert-OH is 1. The maximum atomic E-state index is 11.7. The fourth-order valence-electron chi connectivity index (χ4n) is 2.35. The summed E-state index contributed by atoms with van der Waals surface area (Å²) in [5, 5.41) is 18.2. The molecule has 1 atom stereocenters. The second kappa shape index (κ2) is 15.5. The average Bonchev–Trinajstić information content (AvgIpc) is 2.52. The van der Waals surface area contributed by atoms with Gasteiger partial charge in [-0.15, -0.1) is 0 Å². The topological polar surface area (TPSA) is 74.6 Å². The number of carbonyl (C=O) groups is 2. The Morgan fingerprint density at radius 3 is 2.04 bits per heavy atom. The van der Waals surface area contributed by atoms with E-state index in [2.05, 4.69) is 6.92 Å². The van der Waals surface area contributed by atoms with Crippen LogP contribution in [0, 0.1) is 0 Å². The van der Waals surface area contributed by atoms with Crippen molar-refractivity contribution in [2.75, 3.05) is 0 Å². The van der Waals surface area contributed by atoms with Crippen molar-refractivity contribution in [3.63, 3.8) is 0 Å². The lowest BCUT2D eigenvalue weighted by Crippen LogP contribution is -2.19. The van der Waals surface area contributed by atoms with Crippen LogP contribution in [0.3, 0.4) is 0 Å². The summed E-state index contributed by atoms with van der Waals surface area (Å²) in [5.74, 6) is -1.23. The van der Waals surface area contributed by atoms with Crippen LogP contribution < -0.4 is 0 Å². The highest BCUT2D eigenvalue weighted by molar-refractivity contribution is 5.84. The minimum Gasteiger partial charge on any atom is -0.478 e. The number of carboxylic acids is 1. The number of rotatable bonds is 15. The molecule has 132 valence electrons. The first-order valence-corrected chi connectivity index (χ1v) is 8.84. The standard InChI is InChI=1S/C19H32O4/c1-2-3-4-5-6-7-8-9-11-14-17(20)18(21)15-12-10-13-16-19(22)23/h10,12-13,16-17,20H,2-9,11,14-15H2,1H3,(H,22,23). The van der Waals surface area contributed by atoms with Crippen LogP contribution in [0.2, 0.25) is 0 Å². The van der Waals surface area contributed by atoms with E-state index in [-0.39, 0.29) is 12.2 Å². The lowest BCUT2D eigenvalue weighted by atomic mass is 10.0. The van der Waals surface area contributed by atoms with Crippen molar-refractivity contribution in [2.45, 2.75) is 83.7 Å². The van der Waals surface area contributed by atoms with Crippen LogP contribution in [0.25, 0.3) is 0 Å². The number of aliphatic hydroxyl groups is 1. The molecule has 0 rings (SSSR count).